The molecule has 0 saturated carbocycles. The molecule has 0 saturated heterocycles. The number of hydrogen-bond acceptors (Lipinski definition) is 3. The van der Waals surface area contributed by atoms with E-state index in [0.717, 1.165) is 12.1 Å². The van der Waals surface area contributed by atoms with Crippen molar-refractivity contribution in [3.05, 3.63) is 30.3 Å². The van der Waals surface area contributed by atoms with Crippen LogP contribution in [-0.4, -0.2) is 20.6 Å². The second kappa shape index (κ2) is 5.73. The number of aryl methyl sites for hydroxylation is 1. The van der Waals surface area contributed by atoms with Crippen molar-refractivity contribution in [2.75, 3.05) is 0 Å². The van der Waals surface area contributed by atoms with Gasteiger partial charge in [-0.25, -0.2) is 14.4 Å². The number of imidazole rings is 1. The number of aromatic amines is 1. The van der Waals surface area contributed by atoms with E-state index in [0.29, 0.717) is 11.2 Å². The van der Waals surface area contributed by atoms with Gasteiger partial charge in [-0.05, 0) is 12.5 Å². The molecule has 0 aliphatic carbocycles. The molecular formula is C12H13FN4OY. The molecule has 1 aliphatic rings. The SMILES string of the molecule is CC[C@H]1C=C(F)[C@@H](n2cnc3c(C)n[c-][nH+]c32)O1.[Y]. The van der Waals surface area contributed by atoms with Crippen LogP contribution in [0.15, 0.2) is 18.2 Å². The Balaban J connectivity index is 0.00000133. The number of hydrogen-bond donors (Lipinski definition) is 0. The minimum atomic E-state index is -0.744. The summed E-state index contributed by atoms with van der Waals surface area (Å²) in [6.45, 7) is 3.79. The van der Waals surface area contributed by atoms with Gasteiger partial charge >= 0.3 is 0 Å². The molecule has 1 radical (unpaired) electrons. The molecular weight excluding hydrogens is 324 g/mol. The van der Waals surface area contributed by atoms with Crippen LogP contribution in [0.25, 0.3) is 11.2 Å². The molecule has 5 nitrogen and oxygen atoms in total. The molecule has 2 atom stereocenters. The van der Waals surface area contributed by atoms with Crippen LogP contribution < -0.4 is 4.98 Å². The Hall–Kier alpha value is -0.716. The average Bonchev–Trinajstić information content (AvgIpc) is 2.93. The van der Waals surface area contributed by atoms with Crippen LogP contribution in [0.5, 0.6) is 0 Å². The van der Waals surface area contributed by atoms with Crippen LogP contribution in [0.4, 0.5) is 4.39 Å². The molecule has 2 aromatic rings. The smallest absolute Gasteiger partial charge is 0.224 e. The summed E-state index contributed by atoms with van der Waals surface area (Å²) in [5.41, 5.74) is 2.11. The minimum Gasteiger partial charge on any atom is -0.353 e. The first kappa shape index (κ1) is 14.7. The summed E-state index contributed by atoms with van der Waals surface area (Å²) in [4.78, 5) is 11.1. The van der Waals surface area contributed by atoms with Crippen molar-refractivity contribution in [2.24, 2.45) is 0 Å². The number of ether oxygens (including phenoxy) is 1. The fourth-order valence-electron chi connectivity index (χ4n) is 2.09. The van der Waals surface area contributed by atoms with Crippen LogP contribution in [0, 0.1) is 13.3 Å². The van der Waals surface area contributed by atoms with Gasteiger partial charge in [-0.15, -0.1) is 0 Å². The van der Waals surface area contributed by atoms with Crippen molar-refractivity contribution in [2.45, 2.75) is 32.6 Å². The zero-order chi connectivity index (χ0) is 12.7. The molecule has 97 valence electrons. The predicted molar refractivity (Wildman–Crippen MR) is 61.0 cm³/mol. The normalized spacial score (nSPS) is 22.4. The monoisotopic (exact) mass is 337 g/mol. The molecule has 0 amide bonds. The summed E-state index contributed by atoms with van der Waals surface area (Å²) in [5, 5.41) is 0. The van der Waals surface area contributed by atoms with E-state index < -0.39 is 6.23 Å². The quantitative estimate of drug-likeness (QED) is 0.781. The molecule has 1 aliphatic heterocycles. The van der Waals surface area contributed by atoms with Gasteiger partial charge in [0.2, 0.25) is 6.23 Å². The van der Waals surface area contributed by atoms with Crippen molar-refractivity contribution in [3.63, 3.8) is 0 Å². The van der Waals surface area contributed by atoms with Crippen molar-refractivity contribution in [1.29, 1.82) is 0 Å². The fraction of sp³-hybridized carbons (Fsp3) is 0.417. The van der Waals surface area contributed by atoms with E-state index >= 15 is 0 Å². The Kier molecular flexibility index (Phi) is 4.43. The molecule has 7 heteroatoms. The Morgan fingerprint density at radius 2 is 2.37 bits per heavy atom. The van der Waals surface area contributed by atoms with E-state index in [1.54, 1.807) is 10.9 Å². The van der Waals surface area contributed by atoms with Crippen LogP contribution in [0.1, 0.15) is 25.3 Å². The third-order valence-electron chi connectivity index (χ3n) is 3.07. The van der Waals surface area contributed by atoms with Gasteiger partial charge in [0.25, 0.3) is 0 Å². The molecule has 2 aromatic heterocycles. The van der Waals surface area contributed by atoms with Gasteiger partial charge < -0.3 is 9.72 Å². The first-order valence-electron chi connectivity index (χ1n) is 5.86. The molecule has 1 N–H and O–H groups in total. The summed E-state index contributed by atoms with van der Waals surface area (Å²) < 4.78 is 21.1. The van der Waals surface area contributed by atoms with Gasteiger partial charge in [-0.3, -0.25) is 4.57 Å². The second-order valence-electron chi connectivity index (χ2n) is 4.27. The Morgan fingerprint density at radius 3 is 3.05 bits per heavy atom. The Bertz CT molecular complexity index is 627. The maximum atomic E-state index is 13.9. The Labute approximate surface area is 135 Å². The van der Waals surface area contributed by atoms with Crippen LogP contribution in [0.3, 0.4) is 0 Å². The van der Waals surface area contributed by atoms with Gasteiger partial charge in [-0.2, -0.15) is 0 Å². The number of nitrogens with zero attached hydrogens (tertiary/aromatic N) is 3. The fourth-order valence-corrected chi connectivity index (χ4v) is 2.09. The Morgan fingerprint density at radius 1 is 1.58 bits per heavy atom. The van der Waals surface area contributed by atoms with E-state index in [-0.39, 0.29) is 44.6 Å². The van der Waals surface area contributed by atoms with E-state index in [1.165, 1.54) is 6.08 Å². The molecule has 19 heavy (non-hydrogen) atoms. The van der Waals surface area contributed by atoms with Gasteiger partial charge in [0, 0.05) is 38.4 Å². The first-order chi connectivity index (χ1) is 8.70. The maximum absolute atomic E-state index is 13.9. The minimum absolute atomic E-state index is 0. The van der Waals surface area contributed by atoms with E-state index in [1.807, 2.05) is 13.8 Å². The third kappa shape index (κ3) is 2.49. The number of rotatable bonds is 2. The maximum Gasteiger partial charge on any atom is 0.224 e. The number of fused-ring (bicyclic) bond motifs is 1. The molecule has 0 fully saturated rings. The van der Waals surface area contributed by atoms with Gasteiger partial charge in [0.1, 0.15) is 12.0 Å². The van der Waals surface area contributed by atoms with Crippen molar-refractivity contribution in [1.82, 2.24) is 14.5 Å². The zero-order valence-electron chi connectivity index (χ0n) is 10.7. The molecule has 3 rings (SSSR count). The second-order valence-corrected chi connectivity index (χ2v) is 4.27. The first-order valence-corrected chi connectivity index (χ1v) is 5.86. The standard InChI is InChI=1S/C12H13FN4O.Y/c1-3-8-4-9(13)12(18-8)17-6-16-10-7(2)14-5-15-11(10)17;/h4,6,8,12,15H,3H2,1-2H3;/t8-,12-;/m0./s1. The van der Waals surface area contributed by atoms with Crippen molar-refractivity contribution >= 4 is 11.2 Å². The largest absolute Gasteiger partial charge is 0.353 e. The van der Waals surface area contributed by atoms with Gasteiger partial charge in [-0.1, -0.05) is 13.8 Å². The van der Waals surface area contributed by atoms with E-state index in [2.05, 4.69) is 21.3 Å². The molecule has 0 aromatic carbocycles. The van der Waals surface area contributed by atoms with Crippen molar-refractivity contribution in [3.8, 4) is 0 Å². The van der Waals surface area contributed by atoms with Gasteiger partial charge in [0.05, 0.1) is 11.6 Å². The molecule has 0 spiro atoms. The summed E-state index contributed by atoms with van der Waals surface area (Å²) in [6, 6.07) is 0. The number of halogens is 1. The van der Waals surface area contributed by atoms with E-state index in [9.17, 15) is 4.39 Å². The summed E-state index contributed by atoms with van der Waals surface area (Å²) >= 11 is 0. The topological polar surface area (TPSA) is 54.1 Å². The summed E-state index contributed by atoms with van der Waals surface area (Å²) in [7, 11) is 0. The van der Waals surface area contributed by atoms with Gasteiger partial charge in [0.15, 0.2) is 12.2 Å². The number of nitrogens with one attached hydrogen (secondary N) is 1. The molecule has 3 heterocycles. The number of H-pyrrole nitrogens is 1. The van der Waals surface area contributed by atoms with Crippen LogP contribution in [-0.2, 0) is 37.4 Å². The number of aromatic nitrogens is 4. The third-order valence-corrected chi connectivity index (χ3v) is 3.07. The summed E-state index contributed by atoms with van der Waals surface area (Å²) in [5.74, 6) is -0.288. The van der Waals surface area contributed by atoms with Crippen LogP contribution >= 0.6 is 0 Å². The summed E-state index contributed by atoms with van der Waals surface area (Å²) in [6.07, 6.45) is 5.54. The zero-order valence-corrected chi connectivity index (χ0v) is 13.6. The van der Waals surface area contributed by atoms with Crippen LogP contribution in [0.2, 0.25) is 0 Å². The van der Waals surface area contributed by atoms with E-state index in [4.69, 9.17) is 4.74 Å². The average molecular weight is 337 g/mol. The molecule has 0 unspecified atom stereocenters. The van der Waals surface area contributed by atoms with Crippen molar-refractivity contribution < 1.29 is 46.8 Å². The molecule has 0 bridgehead atoms. The predicted octanol–water partition coefficient (Wildman–Crippen LogP) is 1.51.